The number of esters is 1. The minimum atomic E-state index is -1.05. The number of benzene rings is 2. The van der Waals surface area contributed by atoms with Crippen LogP contribution in [0, 0.1) is 5.92 Å². The lowest BCUT2D eigenvalue weighted by atomic mass is 9.98. The third kappa shape index (κ3) is 6.91. The Kier molecular flexibility index (Phi) is 7.99. The molecule has 0 aliphatic rings. The third-order valence-corrected chi connectivity index (χ3v) is 3.80. The highest BCUT2D eigenvalue weighted by molar-refractivity contribution is 6.01. The first-order valence-electron chi connectivity index (χ1n) is 8.44. The molecule has 2 aromatic rings. The molecule has 142 valence electrons. The van der Waals surface area contributed by atoms with Gasteiger partial charge in [0.15, 0.2) is 0 Å². The Morgan fingerprint density at radius 2 is 1.48 bits per heavy atom. The normalized spacial score (nSPS) is 11.3. The molecule has 27 heavy (non-hydrogen) atoms. The lowest BCUT2D eigenvalue weighted by molar-refractivity contribution is -0.147. The average Bonchev–Trinajstić information content (AvgIpc) is 2.71. The van der Waals surface area contributed by atoms with Gasteiger partial charge >= 0.3 is 5.97 Å². The Balaban J connectivity index is 1.97. The summed E-state index contributed by atoms with van der Waals surface area (Å²) in [5.41, 5.74) is 4.01. The monoisotopic (exact) mass is 370 g/mol. The molecular weight excluding hydrogens is 348 g/mol. The summed E-state index contributed by atoms with van der Waals surface area (Å²) < 4.78 is 4.49. The molecule has 0 spiro atoms. The zero-order chi connectivity index (χ0) is 19.5. The number of ether oxygens (including phenoxy) is 1. The van der Waals surface area contributed by atoms with Crippen molar-refractivity contribution in [3.63, 3.8) is 0 Å². The van der Waals surface area contributed by atoms with E-state index in [1.807, 2.05) is 60.7 Å². The standard InChI is InChI=1S/C20H22N2O5/c1-26-18(23)13-21-19(24)17(12-15-8-4-2-5-9-15)20(25)22-27-14-16-10-6-3-7-11-16/h2-11,17H,12-14H2,1H3,(H,21,24)(H,22,25). The van der Waals surface area contributed by atoms with Crippen LogP contribution in [0.2, 0.25) is 0 Å². The quantitative estimate of drug-likeness (QED) is 0.395. The molecule has 0 saturated carbocycles. The molecule has 0 bridgehead atoms. The first kappa shape index (κ1) is 20.1. The van der Waals surface area contributed by atoms with Gasteiger partial charge in [0.25, 0.3) is 5.91 Å². The van der Waals surface area contributed by atoms with Crippen LogP contribution in [0.1, 0.15) is 11.1 Å². The summed E-state index contributed by atoms with van der Waals surface area (Å²) in [6.45, 7) is -0.132. The van der Waals surface area contributed by atoms with Gasteiger partial charge < -0.3 is 10.1 Å². The fourth-order valence-corrected chi connectivity index (χ4v) is 2.34. The van der Waals surface area contributed by atoms with E-state index in [2.05, 4.69) is 15.5 Å². The van der Waals surface area contributed by atoms with E-state index in [4.69, 9.17) is 4.84 Å². The van der Waals surface area contributed by atoms with Crippen molar-refractivity contribution in [2.24, 2.45) is 5.92 Å². The molecule has 7 heteroatoms. The number of rotatable bonds is 9. The first-order chi connectivity index (χ1) is 13.1. The van der Waals surface area contributed by atoms with E-state index < -0.39 is 23.7 Å². The van der Waals surface area contributed by atoms with E-state index in [0.717, 1.165) is 11.1 Å². The SMILES string of the molecule is COC(=O)CNC(=O)C(Cc1ccccc1)C(=O)NOCc1ccccc1. The fraction of sp³-hybridized carbons (Fsp3) is 0.250. The van der Waals surface area contributed by atoms with Crippen LogP contribution in [-0.4, -0.2) is 31.4 Å². The molecule has 0 aromatic heterocycles. The summed E-state index contributed by atoms with van der Waals surface area (Å²) in [6.07, 6.45) is 0.175. The summed E-state index contributed by atoms with van der Waals surface area (Å²) in [4.78, 5) is 41.3. The van der Waals surface area contributed by atoms with Crippen molar-refractivity contribution in [2.75, 3.05) is 13.7 Å². The smallest absolute Gasteiger partial charge is 0.325 e. The second-order valence-electron chi connectivity index (χ2n) is 5.78. The Bertz CT molecular complexity index is 749. The third-order valence-electron chi connectivity index (χ3n) is 3.80. The number of carbonyl (C=O) groups excluding carboxylic acids is 3. The molecular formula is C20H22N2O5. The maximum atomic E-state index is 12.5. The van der Waals surface area contributed by atoms with Crippen molar-refractivity contribution in [2.45, 2.75) is 13.0 Å². The predicted octanol–water partition coefficient (Wildman–Crippen LogP) is 1.38. The van der Waals surface area contributed by atoms with Crippen molar-refractivity contribution < 1.29 is 24.0 Å². The van der Waals surface area contributed by atoms with Crippen LogP contribution in [0.4, 0.5) is 0 Å². The van der Waals surface area contributed by atoms with Gasteiger partial charge in [-0.3, -0.25) is 19.2 Å². The van der Waals surface area contributed by atoms with Crippen molar-refractivity contribution in [1.82, 2.24) is 10.8 Å². The van der Waals surface area contributed by atoms with Gasteiger partial charge in [0.2, 0.25) is 5.91 Å². The molecule has 1 unspecified atom stereocenters. The number of methoxy groups -OCH3 is 1. The highest BCUT2D eigenvalue weighted by Crippen LogP contribution is 2.10. The van der Waals surface area contributed by atoms with Crippen molar-refractivity contribution >= 4 is 17.8 Å². The Morgan fingerprint density at radius 1 is 0.889 bits per heavy atom. The predicted molar refractivity (Wildman–Crippen MR) is 98.0 cm³/mol. The number of hydrogen-bond acceptors (Lipinski definition) is 5. The highest BCUT2D eigenvalue weighted by atomic mass is 16.6. The minimum Gasteiger partial charge on any atom is -0.468 e. The largest absolute Gasteiger partial charge is 0.468 e. The number of hydrogen-bond donors (Lipinski definition) is 2. The molecule has 1 atom stereocenters. The van der Waals surface area contributed by atoms with E-state index in [1.54, 1.807) is 0 Å². The number of nitrogens with one attached hydrogen (secondary N) is 2. The second-order valence-corrected chi connectivity index (χ2v) is 5.78. The Hall–Kier alpha value is -3.19. The molecule has 0 fully saturated rings. The lowest BCUT2D eigenvalue weighted by Crippen LogP contribution is -2.44. The van der Waals surface area contributed by atoms with E-state index in [0.29, 0.717) is 0 Å². The average molecular weight is 370 g/mol. The molecule has 0 radical (unpaired) electrons. The van der Waals surface area contributed by atoms with Gasteiger partial charge in [0.1, 0.15) is 12.5 Å². The number of amides is 2. The Labute approximate surface area is 157 Å². The topological polar surface area (TPSA) is 93.7 Å². The van der Waals surface area contributed by atoms with E-state index in [1.165, 1.54) is 7.11 Å². The minimum absolute atomic E-state index is 0.175. The maximum Gasteiger partial charge on any atom is 0.325 e. The van der Waals surface area contributed by atoms with Gasteiger partial charge in [-0.05, 0) is 17.5 Å². The first-order valence-corrected chi connectivity index (χ1v) is 8.44. The molecule has 7 nitrogen and oxygen atoms in total. The Morgan fingerprint density at radius 3 is 2.07 bits per heavy atom. The van der Waals surface area contributed by atoms with E-state index in [9.17, 15) is 14.4 Å². The summed E-state index contributed by atoms with van der Waals surface area (Å²) in [5, 5.41) is 2.41. The lowest BCUT2D eigenvalue weighted by Gasteiger charge is -2.16. The van der Waals surface area contributed by atoms with Gasteiger partial charge in [-0.25, -0.2) is 5.48 Å². The van der Waals surface area contributed by atoms with Crippen LogP contribution < -0.4 is 10.8 Å². The summed E-state index contributed by atoms with van der Waals surface area (Å²) in [5.74, 6) is -2.81. The van der Waals surface area contributed by atoms with Crippen molar-refractivity contribution in [3.8, 4) is 0 Å². The maximum absolute atomic E-state index is 12.5. The van der Waals surface area contributed by atoms with Gasteiger partial charge in [-0.2, -0.15) is 0 Å². The summed E-state index contributed by atoms with van der Waals surface area (Å²) in [7, 11) is 1.22. The van der Waals surface area contributed by atoms with E-state index in [-0.39, 0.29) is 19.6 Å². The molecule has 0 saturated heterocycles. The van der Waals surface area contributed by atoms with Crippen LogP contribution in [-0.2, 0) is 37.0 Å². The molecule has 0 aliphatic carbocycles. The van der Waals surface area contributed by atoms with Gasteiger partial charge in [0, 0.05) is 0 Å². The van der Waals surface area contributed by atoms with Crippen LogP contribution in [0.15, 0.2) is 60.7 Å². The number of carbonyl (C=O) groups is 3. The van der Waals surface area contributed by atoms with Gasteiger partial charge in [0.05, 0.1) is 13.7 Å². The molecule has 0 aliphatic heterocycles. The van der Waals surface area contributed by atoms with Crippen LogP contribution >= 0.6 is 0 Å². The zero-order valence-electron chi connectivity index (χ0n) is 15.0. The van der Waals surface area contributed by atoms with Crippen molar-refractivity contribution in [1.29, 1.82) is 0 Å². The van der Waals surface area contributed by atoms with Crippen molar-refractivity contribution in [3.05, 3.63) is 71.8 Å². The summed E-state index contributed by atoms with van der Waals surface area (Å²) in [6, 6.07) is 18.4. The second kappa shape index (κ2) is 10.7. The van der Waals surface area contributed by atoms with E-state index >= 15 is 0 Å². The molecule has 2 rings (SSSR count). The highest BCUT2D eigenvalue weighted by Gasteiger charge is 2.27. The molecule has 2 aromatic carbocycles. The molecule has 2 amide bonds. The molecule has 0 heterocycles. The number of hydroxylamine groups is 1. The fourth-order valence-electron chi connectivity index (χ4n) is 2.34. The van der Waals surface area contributed by atoms with Gasteiger partial charge in [-0.1, -0.05) is 60.7 Å². The van der Waals surface area contributed by atoms with Crippen LogP contribution in [0.5, 0.6) is 0 Å². The summed E-state index contributed by atoms with van der Waals surface area (Å²) >= 11 is 0. The van der Waals surface area contributed by atoms with Gasteiger partial charge in [-0.15, -0.1) is 0 Å². The van der Waals surface area contributed by atoms with Crippen LogP contribution in [0.25, 0.3) is 0 Å². The molecule has 2 N–H and O–H groups in total. The zero-order valence-corrected chi connectivity index (χ0v) is 15.0. The van der Waals surface area contributed by atoms with Crippen LogP contribution in [0.3, 0.4) is 0 Å².